The zero-order chi connectivity index (χ0) is 44.0. The first-order valence-corrected chi connectivity index (χ1v) is 23.4. The minimum absolute atomic E-state index is 0.00841. The molecule has 6 N–H and O–H groups in total. The molecule has 0 aliphatic carbocycles. The molecule has 2 saturated heterocycles. The van der Waals surface area contributed by atoms with E-state index in [9.17, 15) is 25.9 Å². The van der Waals surface area contributed by atoms with Gasteiger partial charge in [-0.25, -0.2) is 0 Å². The minimum atomic E-state index is -4.89. The van der Waals surface area contributed by atoms with Gasteiger partial charge >= 0.3 is 0 Å². The van der Waals surface area contributed by atoms with Gasteiger partial charge in [-0.3, -0.25) is 9.11 Å². The van der Waals surface area contributed by atoms with Crippen molar-refractivity contribution in [1.82, 2.24) is 29.9 Å². The zero-order valence-corrected chi connectivity index (χ0v) is 35.6. The summed E-state index contributed by atoms with van der Waals surface area (Å²) in [5, 5.41) is 17.2. The van der Waals surface area contributed by atoms with Crippen molar-refractivity contribution in [2.45, 2.75) is 35.5 Å². The molecule has 18 nitrogen and oxygen atoms in total. The number of rotatable bonds is 12. The van der Waals surface area contributed by atoms with Crippen molar-refractivity contribution in [3.63, 3.8) is 0 Å². The topological polar surface area (TPSA) is 241 Å². The summed E-state index contributed by atoms with van der Waals surface area (Å²) in [5.74, 6) is 1.85. The van der Waals surface area contributed by atoms with Gasteiger partial charge in [0.2, 0.25) is 35.7 Å². The van der Waals surface area contributed by atoms with Crippen molar-refractivity contribution in [1.29, 1.82) is 0 Å². The van der Waals surface area contributed by atoms with Crippen LogP contribution in [0.1, 0.15) is 25.7 Å². The Kier molecular flexibility index (Phi) is 10.5. The van der Waals surface area contributed by atoms with Crippen molar-refractivity contribution >= 4 is 111 Å². The molecule has 0 radical (unpaired) electrons. The lowest BCUT2D eigenvalue weighted by Gasteiger charge is -2.19. The van der Waals surface area contributed by atoms with Gasteiger partial charge in [0.25, 0.3) is 20.2 Å². The molecule has 2 aromatic heterocycles. The predicted molar refractivity (Wildman–Crippen MR) is 247 cm³/mol. The SMILES string of the molecule is O=S(=O)(O)c1ccc2c(S(=O)(=O)O)c(Nc3nc(Nc4cccc5c(Nc6nc(Nc7ccc8ccccc8c7)nc(N7CCCC7)n6)cccc45)nc(N4CCCC4)n3)ccc2c1. The smallest absolute Gasteiger partial charge is 0.297 e. The summed E-state index contributed by atoms with van der Waals surface area (Å²) < 4.78 is 69.3. The predicted octanol–water partition coefficient (Wildman–Crippen LogP) is 8.18. The number of hydrogen-bond donors (Lipinski definition) is 6. The molecule has 0 bridgehead atoms. The first kappa shape index (κ1) is 40.8. The summed E-state index contributed by atoms with van der Waals surface area (Å²) >= 11 is 0. The molecular formula is C44H40N12O6S2. The molecule has 10 rings (SSSR count). The highest BCUT2D eigenvalue weighted by molar-refractivity contribution is 7.86. The second-order valence-electron chi connectivity index (χ2n) is 15.5. The van der Waals surface area contributed by atoms with Crippen LogP contribution < -0.4 is 31.1 Å². The number of anilines is 10. The van der Waals surface area contributed by atoms with Crippen molar-refractivity contribution < 1.29 is 25.9 Å². The van der Waals surface area contributed by atoms with E-state index in [0.29, 0.717) is 42.6 Å². The van der Waals surface area contributed by atoms with Crippen molar-refractivity contribution in [2.75, 3.05) is 57.2 Å². The van der Waals surface area contributed by atoms with E-state index in [2.05, 4.69) is 60.4 Å². The van der Waals surface area contributed by atoms with Crippen LogP contribution in [0.5, 0.6) is 0 Å². The standard InChI is InChI=1S/C44H40N12O6S2/c57-63(58,59)31-18-19-32-29(26-31)16-20-37(38(32)64(60,61)62)48-42-50-41(53-44(54-42)56-23-5-6-24-56)47-36-14-8-11-33-34(36)12-7-13-35(33)46-40-49-39(51-43(52-40)55-21-3-4-22-55)45-30-17-15-27-9-1-2-10-28(27)25-30/h1-2,7-20,25-26H,3-6,21-24H2,(H,57,58,59)(H,60,61,62)(H2,45,46,49,51,52)(H2,47,48,50,53,54). The minimum Gasteiger partial charge on any atom is -0.341 e. The highest BCUT2D eigenvalue weighted by Crippen LogP contribution is 2.36. The lowest BCUT2D eigenvalue weighted by Crippen LogP contribution is -2.22. The summed E-state index contributed by atoms with van der Waals surface area (Å²) in [4.78, 5) is 31.7. The maximum Gasteiger partial charge on any atom is 0.297 e. The number of aromatic nitrogens is 6. The molecule has 0 atom stereocenters. The quantitative estimate of drug-likeness (QED) is 0.0633. The fourth-order valence-electron chi connectivity index (χ4n) is 8.17. The van der Waals surface area contributed by atoms with Crippen LogP contribution in [-0.4, -0.2) is 82.0 Å². The average molecular weight is 897 g/mol. The molecule has 2 aliphatic rings. The molecule has 6 aromatic carbocycles. The van der Waals surface area contributed by atoms with Gasteiger partial charge < -0.3 is 31.1 Å². The van der Waals surface area contributed by atoms with Crippen molar-refractivity contribution in [3.05, 3.63) is 109 Å². The van der Waals surface area contributed by atoms with E-state index in [-0.39, 0.29) is 28.4 Å². The Morgan fingerprint density at radius 1 is 0.438 bits per heavy atom. The first-order valence-electron chi connectivity index (χ1n) is 20.5. The van der Waals surface area contributed by atoms with Gasteiger partial charge in [0.1, 0.15) is 4.90 Å². The van der Waals surface area contributed by atoms with Gasteiger partial charge in [-0.05, 0) is 84.3 Å². The first-order chi connectivity index (χ1) is 30.9. The van der Waals surface area contributed by atoms with Gasteiger partial charge in [-0.15, -0.1) is 0 Å². The Morgan fingerprint density at radius 3 is 1.50 bits per heavy atom. The van der Waals surface area contributed by atoms with E-state index < -0.39 is 30.0 Å². The van der Waals surface area contributed by atoms with Crippen LogP contribution in [0.4, 0.5) is 58.4 Å². The zero-order valence-electron chi connectivity index (χ0n) is 34.0. The molecule has 0 unspecified atom stereocenters. The highest BCUT2D eigenvalue weighted by atomic mass is 32.2. The van der Waals surface area contributed by atoms with Gasteiger partial charge in [-0.1, -0.05) is 66.7 Å². The van der Waals surface area contributed by atoms with E-state index >= 15 is 0 Å². The normalized spacial score (nSPS) is 14.4. The van der Waals surface area contributed by atoms with Crippen LogP contribution in [0.25, 0.3) is 32.3 Å². The molecule has 4 heterocycles. The third-order valence-corrected chi connectivity index (χ3v) is 13.0. The molecule has 0 saturated carbocycles. The van der Waals surface area contributed by atoms with Gasteiger partial charge in [-0.2, -0.15) is 46.7 Å². The van der Waals surface area contributed by atoms with Gasteiger partial charge in [0.15, 0.2) is 0 Å². The maximum absolute atomic E-state index is 12.9. The molecule has 8 aromatic rings. The molecule has 0 amide bonds. The lowest BCUT2D eigenvalue weighted by atomic mass is 10.1. The van der Waals surface area contributed by atoms with Crippen molar-refractivity contribution in [2.24, 2.45) is 0 Å². The molecule has 20 heteroatoms. The van der Waals surface area contributed by atoms with Crippen LogP contribution in [0.15, 0.2) is 119 Å². The molecular weight excluding hydrogens is 857 g/mol. The third kappa shape index (κ3) is 8.45. The highest BCUT2D eigenvalue weighted by Gasteiger charge is 2.24. The van der Waals surface area contributed by atoms with E-state index in [1.807, 2.05) is 59.5 Å². The van der Waals surface area contributed by atoms with E-state index in [1.54, 1.807) is 0 Å². The Labute approximate surface area is 367 Å². The molecule has 0 spiro atoms. The molecule has 2 aliphatic heterocycles. The Balaban J connectivity index is 0.982. The molecule has 324 valence electrons. The van der Waals surface area contributed by atoms with E-state index in [4.69, 9.17) is 19.9 Å². The van der Waals surface area contributed by atoms with Crippen LogP contribution >= 0.6 is 0 Å². The number of hydrogen-bond acceptors (Lipinski definition) is 16. The number of benzene rings is 6. The van der Waals surface area contributed by atoms with Gasteiger partial charge in [0.05, 0.1) is 10.6 Å². The second-order valence-corrected chi connectivity index (χ2v) is 18.3. The summed E-state index contributed by atoms with van der Waals surface area (Å²) in [6.07, 6.45) is 3.97. The summed E-state index contributed by atoms with van der Waals surface area (Å²) in [7, 11) is -9.47. The summed E-state index contributed by atoms with van der Waals surface area (Å²) in [5.41, 5.74) is 2.19. The van der Waals surface area contributed by atoms with Crippen molar-refractivity contribution in [3.8, 4) is 0 Å². The Bertz CT molecular complexity index is 3350. The fourth-order valence-corrected chi connectivity index (χ4v) is 9.55. The largest absolute Gasteiger partial charge is 0.341 e. The molecule has 64 heavy (non-hydrogen) atoms. The van der Waals surface area contributed by atoms with Crippen LogP contribution in [0, 0.1) is 0 Å². The number of nitrogens with zero attached hydrogens (tertiary/aromatic N) is 8. The van der Waals surface area contributed by atoms with Gasteiger partial charge in [0, 0.05) is 59.4 Å². The molecule has 2 fully saturated rings. The summed E-state index contributed by atoms with van der Waals surface area (Å²) in [6.45, 7) is 3.09. The Morgan fingerprint density at radius 2 is 0.953 bits per heavy atom. The lowest BCUT2D eigenvalue weighted by molar-refractivity contribution is 0.482. The maximum atomic E-state index is 12.9. The number of nitrogens with one attached hydrogen (secondary N) is 4. The third-order valence-electron chi connectivity index (χ3n) is 11.2. The van der Waals surface area contributed by atoms with Crippen LogP contribution in [0.3, 0.4) is 0 Å². The average Bonchev–Trinajstić information content (AvgIpc) is 4.02. The monoisotopic (exact) mass is 896 g/mol. The fraction of sp³-hybridized carbons (Fsp3) is 0.182. The van der Waals surface area contributed by atoms with E-state index in [0.717, 1.165) is 83.8 Å². The Hall–Kier alpha value is -7.26. The van der Waals surface area contributed by atoms with E-state index in [1.165, 1.54) is 18.2 Å². The summed E-state index contributed by atoms with van der Waals surface area (Å²) in [6, 6.07) is 32.0. The number of fused-ring (bicyclic) bond motifs is 3. The van der Waals surface area contributed by atoms with Crippen LogP contribution in [-0.2, 0) is 20.2 Å². The second kappa shape index (κ2) is 16.5. The van der Waals surface area contributed by atoms with Crippen LogP contribution in [0.2, 0.25) is 0 Å².